The van der Waals surface area contributed by atoms with E-state index in [0.29, 0.717) is 12.4 Å². The third kappa shape index (κ3) is 2.61. The summed E-state index contributed by atoms with van der Waals surface area (Å²) in [7, 11) is 1.58. The predicted octanol–water partition coefficient (Wildman–Crippen LogP) is 0.848. The Hall–Kier alpha value is -1.62. The number of rotatable bonds is 4. The molecule has 0 radical (unpaired) electrons. The molecule has 0 saturated carbocycles. The van der Waals surface area contributed by atoms with E-state index in [1.54, 1.807) is 13.3 Å². The molecule has 2 N–H and O–H groups in total. The van der Waals surface area contributed by atoms with Gasteiger partial charge in [-0.2, -0.15) is 0 Å². The Morgan fingerprint density at radius 3 is 3.17 bits per heavy atom. The predicted molar refractivity (Wildman–Crippen MR) is 68.3 cm³/mol. The Labute approximate surface area is 107 Å². The van der Waals surface area contributed by atoms with Gasteiger partial charge in [-0.15, -0.1) is 0 Å². The zero-order chi connectivity index (χ0) is 13.0. The van der Waals surface area contributed by atoms with Gasteiger partial charge in [-0.05, 0) is 32.4 Å². The van der Waals surface area contributed by atoms with Gasteiger partial charge in [0.25, 0.3) is 0 Å². The van der Waals surface area contributed by atoms with Gasteiger partial charge < -0.3 is 15.4 Å². The van der Waals surface area contributed by atoms with Crippen LogP contribution >= 0.6 is 0 Å². The van der Waals surface area contributed by atoms with Gasteiger partial charge in [0.1, 0.15) is 0 Å². The number of pyridine rings is 1. The molecule has 2 heterocycles. The summed E-state index contributed by atoms with van der Waals surface area (Å²) in [6.07, 6.45) is 3.59. The van der Waals surface area contributed by atoms with Crippen LogP contribution in [-0.2, 0) is 11.3 Å². The molecule has 18 heavy (non-hydrogen) atoms. The van der Waals surface area contributed by atoms with Crippen molar-refractivity contribution in [3.05, 3.63) is 23.9 Å². The van der Waals surface area contributed by atoms with Crippen molar-refractivity contribution in [2.75, 3.05) is 13.7 Å². The zero-order valence-corrected chi connectivity index (χ0v) is 10.8. The fraction of sp³-hybridized carbons (Fsp3) is 0.538. The third-order valence-electron chi connectivity index (χ3n) is 3.35. The molecule has 1 aliphatic rings. The van der Waals surface area contributed by atoms with Crippen LogP contribution in [0, 0.1) is 0 Å². The second-order valence-corrected chi connectivity index (χ2v) is 4.72. The summed E-state index contributed by atoms with van der Waals surface area (Å²) in [6, 6.07) is 3.73. The van der Waals surface area contributed by atoms with Crippen LogP contribution in [0.5, 0.6) is 5.88 Å². The maximum Gasteiger partial charge on any atom is 0.240 e. The van der Waals surface area contributed by atoms with Gasteiger partial charge in [-0.1, -0.05) is 6.07 Å². The highest BCUT2D eigenvalue weighted by molar-refractivity contribution is 5.86. The molecule has 1 amide bonds. The summed E-state index contributed by atoms with van der Waals surface area (Å²) >= 11 is 0. The highest BCUT2D eigenvalue weighted by Gasteiger charge is 2.35. The molecule has 0 bridgehead atoms. The number of aromatic nitrogens is 1. The maximum absolute atomic E-state index is 12.1. The van der Waals surface area contributed by atoms with Crippen LogP contribution in [0.25, 0.3) is 0 Å². The number of nitrogens with zero attached hydrogens (tertiary/aromatic N) is 1. The van der Waals surface area contributed by atoms with Crippen LogP contribution in [-0.4, -0.2) is 30.1 Å². The summed E-state index contributed by atoms with van der Waals surface area (Å²) in [5.41, 5.74) is 0.449. The molecular formula is C13H19N3O2. The van der Waals surface area contributed by atoms with Crippen LogP contribution in [0.15, 0.2) is 18.3 Å². The number of amides is 1. The molecule has 1 unspecified atom stereocenters. The van der Waals surface area contributed by atoms with E-state index in [1.807, 2.05) is 19.1 Å². The monoisotopic (exact) mass is 249 g/mol. The van der Waals surface area contributed by atoms with Crippen LogP contribution in [0.2, 0.25) is 0 Å². The fourth-order valence-corrected chi connectivity index (χ4v) is 2.20. The van der Waals surface area contributed by atoms with Crippen molar-refractivity contribution in [2.24, 2.45) is 0 Å². The molecule has 1 aromatic rings. The van der Waals surface area contributed by atoms with Crippen LogP contribution in [0.3, 0.4) is 0 Å². The van der Waals surface area contributed by atoms with E-state index in [4.69, 9.17) is 4.74 Å². The van der Waals surface area contributed by atoms with E-state index >= 15 is 0 Å². The van der Waals surface area contributed by atoms with Crippen molar-refractivity contribution < 1.29 is 9.53 Å². The van der Waals surface area contributed by atoms with Gasteiger partial charge in [0, 0.05) is 18.3 Å². The van der Waals surface area contributed by atoms with Crippen molar-refractivity contribution in [3.63, 3.8) is 0 Å². The van der Waals surface area contributed by atoms with E-state index in [-0.39, 0.29) is 5.91 Å². The van der Waals surface area contributed by atoms with Gasteiger partial charge in [0.05, 0.1) is 12.6 Å². The first-order chi connectivity index (χ1) is 8.65. The Morgan fingerprint density at radius 1 is 1.67 bits per heavy atom. The smallest absolute Gasteiger partial charge is 0.240 e. The lowest BCUT2D eigenvalue weighted by molar-refractivity contribution is -0.126. The average molecular weight is 249 g/mol. The first-order valence-electron chi connectivity index (χ1n) is 6.17. The van der Waals surface area contributed by atoms with Gasteiger partial charge >= 0.3 is 0 Å². The Kier molecular flexibility index (Phi) is 3.81. The van der Waals surface area contributed by atoms with Crippen molar-refractivity contribution >= 4 is 5.91 Å². The maximum atomic E-state index is 12.1. The lowest BCUT2D eigenvalue weighted by Gasteiger charge is -2.23. The standard InChI is InChI=1S/C13H19N3O2/c1-13(6-4-8-16-13)12(17)15-9-10-5-3-7-14-11(10)18-2/h3,5,7,16H,4,6,8-9H2,1-2H3,(H,15,17). The lowest BCUT2D eigenvalue weighted by Crippen LogP contribution is -2.50. The van der Waals surface area contributed by atoms with Gasteiger partial charge in [0.2, 0.25) is 11.8 Å². The number of methoxy groups -OCH3 is 1. The molecule has 1 saturated heterocycles. The summed E-state index contributed by atoms with van der Waals surface area (Å²) in [4.78, 5) is 16.2. The molecule has 1 aromatic heterocycles. The van der Waals surface area contributed by atoms with Gasteiger partial charge in [0.15, 0.2) is 0 Å². The van der Waals surface area contributed by atoms with Gasteiger partial charge in [-0.3, -0.25) is 4.79 Å². The van der Waals surface area contributed by atoms with Gasteiger partial charge in [-0.25, -0.2) is 4.98 Å². The third-order valence-corrected chi connectivity index (χ3v) is 3.35. The van der Waals surface area contributed by atoms with Crippen LogP contribution < -0.4 is 15.4 Å². The first-order valence-corrected chi connectivity index (χ1v) is 6.17. The highest BCUT2D eigenvalue weighted by Crippen LogP contribution is 2.19. The summed E-state index contributed by atoms with van der Waals surface area (Å²) in [6.45, 7) is 3.28. The number of hydrogen-bond acceptors (Lipinski definition) is 4. The van der Waals surface area contributed by atoms with Crippen molar-refractivity contribution in [1.82, 2.24) is 15.6 Å². The lowest BCUT2D eigenvalue weighted by atomic mass is 9.99. The molecule has 1 fully saturated rings. The summed E-state index contributed by atoms with van der Waals surface area (Å²) in [5, 5.41) is 6.17. The second kappa shape index (κ2) is 5.35. The number of carbonyl (C=O) groups excluding carboxylic acids is 1. The molecule has 0 spiro atoms. The number of nitrogens with one attached hydrogen (secondary N) is 2. The SMILES string of the molecule is COc1ncccc1CNC(=O)C1(C)CCCN1. The minimum Gasteiger partial charge on any atom is -0.481 e. The number of carbonyl (C=O) groups is 1. The molecule has 5 nitrogen and oxygen atoms in total. The number of ether oxygens (including phenoxy) is 1. The molecule has 5 heteroatoms. The van der Waals surface area contributed by atoms with E-state index in [2.05, 4.69) is 15.6 Å². The quantitative estimate of drug-likeness (QED) is 0.830. The number of hydrogen-bond donors (Lipinski definition) is 2. The zero-order valence-electron chi connectivity index (χ0n) is 10.8. The topological polar surface area (TPSA) is 63.2 Å². The van der Waals surface area contributed by atoms with E-state index in [0.717, 1.165) is 24.9 Å². The van der Waals surface area contributed by atoms with E-state index in [1.165, 1.54) is 0 Å². The first kappa shape index (κ1) is 12.8. The van der Waals surface area contributed by atoms with Crippen LogP contribution in [0.1, 0.15) is 25.3 Å². The largest absolute Gasteiger partial charge is 0.481 e. The van der Waals surface area contributed by atoms with Crippen LogP contribution in [0.4, 0.5) is 0 Å². The minimum absolute atomic E-state index is 0.0332. The Morgan fingerprint density at radius 2 is 2.50 bits per heavy atom. The Balaban J connectivity index is 1.97. The highest BCUT2D eigenvalue weighted by atomic mass is 16.5. The second-order valence-electron chi connectivity index (χ2n) is 4.72. The Bertz CT molecular complexity index is 428. The van der Waals surface area contributed by atoms with E-state index in [9.17, 15) is 4.79 Å². The molecule has 0 aromatic carbocycles. The van der Waals surface area contributed by atoms with Crippen molar-refractivity contribution in [1.29, 1.82) is 0 Å². The molecule has 0 aliphatic carbocycles. The normalized spacial score (nSPS) is 22.8. The molecule has 2 rings (SSSR count). The van der Waals surface area contributed by atoms with Crippen molar-refractivity contribution in [3.8, 4) is 5.88 Å². The molecule has 98 valence electrons. The molecular weight excluding hydrogens is 230 g/mol. The molecule has 1 aliphatic heterocycles. The van der Waals surface area contributed by atoms with E-state index < -0.39 is 5.54 Å². The fourth-order valence-electron chi connectivity index (χ4n) is 2.20. The summed E-state index contributed by atoms with van der Waals surface area (Å²) in [5.74, 6) is 0.591. The van der Waals surface area contributed by atoms with Crippen molar-refractivity contribution in [2.45, 2.75) is 31.8 Å². The molecule has 1 atom stereocenters. The minimum atomic E-state index is -0.435. The summed E-state index contributed by atoms with van der Waals surface area (Å²) < 4.78 is 5.15. The average Bonchev–Trinajstić information content (AvgIpc) is 2.84.